The molecule has 0 bridgehead atoms. The van der Waals surface area contributed by atoms with Crippen molar-refractivity contribution in [3.05, 3.63) is 35.4 Å². The first-order valence-electron chi connectivity index (χ1n) is 5.46. The lowest BCUT2D eigenvalue weighted by atomic mass is 9.93. The fourth-order valence-electron chi connectivity index (χ4n) is 1.81. The summed E-state index contributed by atoms with van der Waals surface area (Å²) in [5.74, 6) is 0.665. The summed E-state index contributed by atoms with van der Waals surface area (Å²) >= 11 is 0. The molecule has 78 valence electrons. The van der Waals surface area contributed by atoms with Crippen molar-refractivity contribution in [3.63, 3.8) is 0 Å². The van der Waals surface area contributed by atoms with Crippen molar-refractivity contribution < 1.29 is 5.11 Å². The summed E-state index contributed by atoms with van der Waals surface area (Å²) in [7, 11) is 0. The molecule has 1 heteroatoms. The number of hydrogen-bond acceptors (Lipinski definition) is 1. The monoisotopic (exact) mass is 192 g/mol. The minimum absolute atomic E-state index is 0.356. The van der Waals surface area contributed by atoms with E-state index in [9.17, 15) is 5.11 Å². The Balaban J connectivity index is 2.81. The predicted molar refractivity (Wildman–Crippen MR) is 60.4 cm³/mol. The van der Waals surface area contributed by atoms with E-state index >= 15 is 0 Å². The van der Waals surface area contributed by atoms with Gasteiger partial charge in [-0.25, -0.2) is 0 Å². The van der Waals surface area contributed by atoms with Crippen LogP contribution in [-0.2, 0) is 0 Å². The maximum Gasteiger partial charge on any atom is 0.0761 e. The van der Waals surface area contributed by atoms with Gasteiger partial charge >= 0.3 is 0 Å². The van der Waals surface area contributed by atoms with Gasteiger partial charge in [0.25, 0.3) is 0 Å². The molecule has 1 atom stereocenters. The lowest BCUT2D eigenvalue weighted by Gasteiger charge is -2.13. The van der Waals surface area contributed by atoms with Crippen LogP contribution in [0.4, 0.5) is 0 Å². The van der Waals surface area contributed by atoms with E-state index in [1.165, 1.54) is 18.4 Å². The van der Waals surface area contributed by atoms with Gasteiger partial charge in [-0.2, -0.15) is 0 Å². The molecule has 0 amide bonds. The van der Waals surface area contributed by atoms with Gasteiger partial charge in [0.1, 0.15) is 0 Å². The number of benzene rings is 1. The van der Waals surface area contributed by atoms with Crippen LogP contribution in [0.15, 0.2) is 24.3 Å². The number of hydrogen-bond donors (Lipinski definition) is 1. The normalized spacial score (nSPS) is 13.2. The lowest BCUT2D eigenvalue weighted by molar-refractivity contribution is 0.199. The first kappa shape index (κ1) is 11.3. The third kappa shape index (κ3) is 2.58. The smallest absolute Gasteiger partial charge is 0.0761 e. The molecule has 0 aliphatic carbocycles. The summed E-state index contributed by atoms with van der Waals surface area (Å²) < 4.78 is 0. The molecule has 0 aliphatic rings. The topological polar surface area (TPSA) is 20.2 Å². The Morgan fingerprint density at radius 2 is 1.43 bits per heavy atom. The van der Waals surface area contributed by atoms with Crippen LogP contribution in [0.3, 0.4) is 0 Å². The zero-order valence-corrected chi connectivity index (χ0v) is 9.33. The van der Waals surface area contributed by atoms with Gasteiger partial charge in [-0.3, -0.25) is 0 Å². The molecule has 0 spiro atoms. The summed E-state index contributed by atoms with van der Waals surface area (Å²) in [4.78, 5) is 0. The molecule has 14 heavy (non-hydrogen) atoms. The number of aliphatic hydroxyl groups is 1. The third-order valence-corrected chi connectivity index (χ3v) is 2.88. The summed E-state index contributed by atoms with van der Waals surface area (Å²) in [6.45, 7) is 6.24. The van der Waals surface area contributed by atoms with E-state index in [0.29, 0.717) is 5.92 Å². The second-order valence-electron chi connectivity index (χ2n) is 3.86. The van der Waals surface area contributed by atoms with Crippen molar-refractivity contribution in [2.75, 3.05) is 0 Å². The second-order valence-corrected chi connectivity index (χ2v) is 3.86. The van der Waals surface area contributed by atoms with Crippen LogP contribution >= 0.6 is 0 Å². The fourth-order valence-corrected chi connectivity index (χ4v) is 1.81. The van der Waals surface area contributed by atoms with Gasteiger partial charge in [0, 0.05) is 0 Å². The Labute approximate surface area is 86.8 Å². The first-order valence-corrected chi connectivity index (χ1v) is 5.46. The van der Waals surface area contributed by atoms with Gasteiger partial charge in [0.2, 0.25) is 0 Å². The number of rotatable bonds is 4. The van der Waals surface area contributed by atoms with Crippen molar-refractivity contribution in [1.29, 1.82) is 0 Å². The Kier molecular flexibility index (Phi) is 4.15. The third-order valence-electron chi connectivity index (χ3n) is 2.88. The van der Waals surface area contributed by atoms with E-state index in [1.807, 2.05) is 12.1 Å². The van der Waals surface area contributed by atoms with Gasteiger partial charge in [-0.1, -0.05) is 38.1 Å². The average molecular weight is 192 g/mol. The molecule has 0 aromatic heterocycles. The molecule has 1 aromatic carbocycles. The first-order chi connectivity index (χ1) is 6.69. The molecule has 1 unspecified atom stereocenters. The molecular weight excluding hydrogens is 172 g/mol. The van der Waals surface area contributed by atoms with E-state index in [-0.39, 0.29) is 6.10 Å². The highest BCUT2D eigenvalue weighted by molar-refractivity contribution is 5.26. The van der Waals surface area contributed by atoms with Gasteiger partial charge in [-0.15, -0.1) is 0 Å². The zero-order chi connectivity index (χ0) is 10.6. The van der Waals surface area contributed by atoms with Gasteiger partial charge in [-0.05, 0) is 36.8 Å². The molecule has 1 rings (SSSR count). The summed E-state index contributed by atoms with van der Waals surface area (Å²) in [5.41, 5.74) is 2.39. The largest absolute Gasteiger partial charge is 0.389 e. The fraction of sp³-hybridized carbons (Fsp3) is 0.538. The number of aliphatic hydroxyl groups excluding tert-OH is 1. The van der Waals surface area contributed by atoms with Crippen LogP contribution in [-0.4, -0.2) is 5.11 Å². The SMILES string of the molecule is CCC(CC)c1ccc(C(C)O)cc1. The van der Waals surface area contributed by atoms with E-state index in [1.54, 1.807) is 6.92 Å². The molecular formula is C13H20O. The van der Waals surface area contributed by atoms with E-state index in [4.69, 9.17) is 0 Å². The van der Waals surface area contributed by atoms with Crippen molar-refractivity contribution >= 4 is 0 Å². The van der Waals surface area contributed by atoms with Gasteiger partial charge in [0.05, 0.1) is 6.10 Å². The molecule has 0 radical (unpaired) electrons. The van der Waals surface area contributed by atoms with E-state index in [2.05, 4.69) is 26.0 Å². The molecule has 1 N–H and O–H groups in total. The van der Waals surface area contributed by atoms with Crippen molar-refractivity contribution in [2.45, 2.75) is 45.6 Å². The Hall–Kier alpha value is -0.820. The Morgan fingerprint density at radius 1 is 1.00 bits per heavy atom. The van der Waals surface area contributed by atoms with Crippen LogP contribution in [0.1, 0.15) is 56.8 Å². The molecule has 1 nitrogen and oxygen atoms in total. The van der Waals surface area contributed by atoms with Gasteiger partial charge in [0.15, 0.2) is 0 Å². The quantitative estimate of drug-likeness (QED) is 0.772. The van der Waals surface area contributed by atoms with Crippen LogP contribution in [0.5, 0.6) is 0 Å². The second kappa shape index (κ2) is 5.16. The molecule has 0 aliphatic heterocycles. The van der Waals surface area contributed by atoms with Crippen LogP contribution in [0.25, 0.3) is 0 Å². The molecule has 1 aromatic rings. The molecule has 0 heterocycles. The predicted octanol–water partition coefficient (Wildman–Crippen LogP) is 3.64. The minimum atomic E-state index is -0.356. The van der Waals surface area contributed by atoms with Crippen LogP contribution in [0, 0.1) is 0 Å². The maximum absolute atomic E-state index is 9.37. The van der Waals surface area contributed by atoms with E-state index < -0.39 is 0 Å². The summed E-state index contributed by atoms with van der Waals surface area (Å²) in [6, 6.07) is 8.33. The standard InChI is InChI=1S/C13H20O/c1-4-11(5-2)13-8-6-12(7-9-13)10(3)14/h6-11,14H,4-5H2,1-3H3. The lowest BCUT2D eigenvalue weighted by Crippen LogP contribution is -1.97. The molecule has 0 fully saturated rings. The average Bonchev–Trinajstić information content (AvgIpc) is 2.20. The van der Waals surface area contributed by atoms with Crippen molar-refractivity contribution in [2.24, 2.45) is 0 Å². The molecule has 0 saturated heterocycles. The van der Waals surface area contributed by atoms with Crippen LogP contribution < -0.4 is 0 Å². The Bertz CT molecular complexity index is 257. The highest BCUT2D eigenvalue weighted by Gasteiger charge is 2.07. The Morgan fingerprint density at radius 3 is 1.79 bits per heavy atom. The van der Waals surface area contributed by atoms with Crippen molar-refractivity contribution in [3.8, 4) is 0 Å². The minimum Gasteiger partial charge on any atom is -0.389 e. The molecule has 0 saturated carbocycles. The van der Waals surface area contributed by atoms with Crippen molar-refractivity contribution in [1.82, 2.24) is 0 Å². The highest BCUT2D eigenvalue weighted by atomic mass is 16.3. The summed E-state index contributed by atoms with van der Waals surface area (Å²) in [6.07, 6.45) is 2.01. The van der Waals surface area contributed by atoms with E-state index in [0.717, 1.165) is 5.56 Å². The maximum atomic E-state index is 9.37. The zero-order valence-electron chi connectivity index (χ0n) is 9.33. The van der Waals surface area contributed by atoms with Crippen LogP contribution in [0.2, 0.25) is 0 Å². The summed E-state index contributed by atoms with van der Waals surface area (Å²) in [5, 5.41) is 9.37. The highest BCUT2D eigenvalue weighted by Crippen LogP contribution is 2.24. The van der Waals surface area contributed by atoms with Gasteiger partial charge < -0.3 is 5.11 Å².